The van der Waals surface area contributed by atoms with E-state index in [1.54, 1.807) is 7.11 Å². The number of methoxy groups -OCH3 is 2. The Morgan fingerprint density at radius 1 is 1.15 bits per heavy atom. The van der Waals surface area contributed by atoms with E-state index < -0.39 is 23.2 Å². The maximum absolute atomic E-state index is 13.7. The highest BCUT2D eigenvalue weighted by atomic mass is 19.2. The first-order valence-corrected chi connectivity index (χ1v) is 6.11. The van der Waals surface area contributed by atoms with Gasteiger partial charge in [0.25, 0.3) is 0 Å². The van der Waals surface area contributed by atoms with Crippen molar-refractivity contribution in [3.05, 3.63) is 29.3 Å². The Bertz CT molecular complexity index is 455. The van der Waals surface area contributed by atoms with Crippen molar-refractivity contribution in [1.29, 1.82) is 0 Å². The lowest BCUT2D eigenvalue weighted by molar-refractivity contribution is 0.0594. The zero-order valence-corrected chi connectivity index (χ0v) is 11.5. The van der Waals surface area contributed by atoms with E-state index in [1.165, 1.54) is 12.1 Å². The van der Waals surface area contributed by atoms with E-state index in [9.17, 15) is 13.6 Å². The van der Waals surface area contributed by atoms with Crippen LogP contribution in [0.5, 0.6) is 0 Å². The molecule has 0 fully saturated rings. The second-order valence-corrected chi connectivity index (χ2v) is 3.95. The van der Waals surface area contributed by atoms with Gasteiger partial charge in [0, 0.05) is 26.7 Å². The van der Waals surface area contributed by atoms with Crippen LogP contribution in [0, 0.1) is 11.6 Å². The minimum atomic E-state index is -1.21. The van der Waals surface area contributed by atoms with Gasteiger partial charge in [-0.25, -0.2) is 13.6 Å². The molecule has 0 radical (unpaired) electrons. The SMILES string of the molecule is COCCNCCNc1ccc(C(=O)OC)c(F)c1F. The van der Waals surface area contributed by atoms with Crippen LogP contribution in [0.25, 0.3) is 0 Å². The average molecular weight is 288 g/mol. The van der Waals surface area contributed by atoms with E-state index in [0.29, 0.717) is 26.2 Å². The standard InChI is InChI=1S/C13H18F2N2O3/c1-19-8-7-16-5-6-17-10-4-3-9(13(18)20-2)11(14)12(10)15/h3-4,16-17H,5-8H2,1-2H3. The molecule has 0 spiro atoms. The van der Waals surface area contributed by atoms with Crippen LogP contribution in [0.2, 0.25) is 0 Å². The van der Waals surface area contributed by atoms with Gasteiger partial charge in [0.1, 0.15) is 0 Å². The van der Waals surface area contributed by atoms with Crippen molar-refractivity contribution in [1.82, 2.24) is 5.32 Å². The molecule has 0 aliphatic rings. The van der Waals surface area contributed by atoms with Crippen molar-refractivity contribution in [2.75, 3.05) is 45.8 Å². The highest BCUT2D eigenvalue weighted by Gasteiger charge is 2.18. The number of nitrogens with one attached hydrogen (secondary N) is 2. The van der Waals surface area contributed by atoms with Gasteiger partial charge in [-0.1, -0.05) is 0 Å². The molecule has 0 unspecified atom stereocenters. The van der Waals surface area contributed by atoms with Crippen LogP contribution in [-0.2, 0) is 9.47 Å². The van der Waals surface area contributed by atoms with Gasteiger partial charge in [-0.15, -0.1) is 0 Å². The number of esters is 1. The number of halogens is 2. The Kier molecular flexibility index (Phi) is 6.89. The van der Waals surface area contributed by atoms with Crippen LogP contribution in [0.15, 0.2) is 12.1 Å². The molecule has 7 heteroatoms. The third-order valence-electron chi connectivity index (χ3n) is 2.59. The number of anilines is 1. The first-order valence-electron chi connectivity index (χ1n) is 6.11. The first kappa shape index (κ1) is 16.3. The molecule has 20 heavy (non-hydrogen) atoms. The zero-order chi connectivity index (χ0) is 15.0. The summed E-state index contributed by atoms with van der Waals surface area (Å²) >= 11 is 0. The fourth-order valence-electron chi connectivity index (χ4n) is 1.54. The second-order valence-electron chi connectivity index (χ2n) is 3.95. The number of hydrogen-bond acceptors (Lipinski definition) is 5. The van der Waals surface area contributed by atoms with E-state index in [0.717, 1.165) is 7.11 Å². The summed E-state index contributed by atoms with van der Waals surface area (Å²) in [6, 6.07) is 2.49. The molecule has 0 aromatic heterocycles. The van der Waals surface area contributed by atoms with Crippen molar-refractivity contribution in [3.8, 4) is 0 Å². The Balaban J connectivity index is 2.55. The van der Waals surface area contributed by atoms with E-state index in [2.05, 4.69) is 15.4 Å². The number of ether oxygens (including phenoxy) is 2. The third kappa shape index (κ3) is 4.43. The topological polar surface area (TPSA) is 59.6 Å². The number of hydrogen-bond donors (Lipinski definition) is 2. The second kappa shape index (κ2) is 8.44. The minimum Gasteiger partial charge on any atom is -0.465 e. The first-order chi connectivity index (χ1) is 9.61. The van der Waals surface area contributed by atoms with Gasteiger partial charge < -0.3 is 20.1 Å². The summed E-state index contributed by atoms with van der Waals surface area (Å²) in [7, 11) is 2.71. The summed E-state index contributed by atoms with van der Waals surface area (Å²) in [5.41, 5.74) is -0.419. The Hall–Kier alpha value is -1.73. The van der Waals surface area contributed by atoms with E-state index in [1.807, 2.05) is 0 Å². The van der Waals surface area contributed by atoms with Gasteiger partial charge in [-0.05, 0) is 12.1 Å². The predicted molar refractivity (Wildman–Crippen MR) is 70.9 cm³/mol. The van der Waals surface area contributed by atoms with Crippen LogP contribution in [0.1, 0.15) is 10.4 Å². The number of carbonyl (C=O) groups is 1. The number of rotatable bonds is 8. The van der Waals surface area contributed by atoms with Crippen LogP contribution in [0.3, 0.4) is 0 Å². The van der Waals surface area contributed by atoms with Crippen LogP contribution >= 0.6 is 0 Å². The Morgan fingerprint density at radius 3 is 2.55 bits per heavy atom. The van der Waals surface area contributed by atoms with Crippen molar-refractivity contribution < 1.29 is 23.0 Å². The van der Waals surface area contributed by atoms with Crippen molar-refractivity contribution in [2.24, 2.45) is 0 Å². The molecule has 0 saturated carbocycles. The molecule has 5 nitrogen and oxygen atoms in total. The zero-order valence-electron chi connectivity index (χ0n) is 11.5. The lowest BCUT2D eigenvalue weighted by Gasteiger charge is -2.10. The molecule has 0 bridgehead atoms. The van der Waals surface area contributed by atoms with Gasteiger partial charge in [-0.3, -0.25) is 0 Å². The highest BCUT2D eigenvalue weighted by molar-refractivity contribution is 5.90. The molecule has 2 N–H and O–H groups in total. The largest absolute Gasteiger partial charge is 0.465 e. The summed E-state index contributed by atoms with van der Waals surface area (Å²) in [5.74, 6) is -3.21. The molecule has 1 aromatic rings. The maximum Gasteiger partial charge on any atom is 0.340 e. The third-order valence-corrected chi connectivity index (χ3v) is 2.59. The molecule has 0 aliphatic carbocycles. The number of benzene rings is 1. The molecular weight excluding hydrogens is 270 g/mol. The summed E-state index contributed by atoms with van der Waals surface area (Å²) in [4.78, 5) is 11.2. The van der Waals surface area contributed by atoms with Crippen molar-refractivity contribution in [2.45, 2.75) is 0 Å². The maximum atomic E-state index is 13.7. The minimum absolute atomic E-state index is 0.00342. The van der Waals surface area contributed by atoms with E-state index in [-0.39, 0.29) is 5.69 Å². The molecule has 0 aliphatic heterocycles. The predicted octanol–water partition coefficient (Wildman–Crippen LogP) is 1.40. The summed E-state index contributed by atoms with van der Waals surface area (Å²) in [6.07, 6.45) is 0. The lowest BCUT2D eigenvalue weighted by atomic mass is 10.2. The van der Waals surface area contributed by atoms with Crippen LogP contribution in [0.4, 0.5) is 14.5 Å². The normalized spacial score (nSPS) is 10.4. The molecular formula is C13H18F2N2O3. The average Bonchev–Trinajstić information content (AvgIpc) is 2.46. The lowest BCUT2D eigenvalue weighted by Crippen LogP contribution is -2.25. The Morgan fingerprint density at radius 2 is 1.90 bits per heavy atom. The van der Waals surface area contributed by atoms with Gasteiger partial charge in [0.15, 0.2) is 11.6 Å². The molecule has 1 aromatic carbocycles. The molecule has 0 heterocycles. The van der Waals surface area contributed by atoms with Gasteiger partial charge >= 0.3 is 5.97 Å². The Labute approximate surface area is 116 Å². The van der Waals surface area contributed by atoms with E-state index in [4.69, 9.17) is 4.74 Å². The molecule has 1 rings (SSSR count). The summed E-state index contributed by atoms with van der Waals surface area (Å²) in [6.45, 7) is 2.24. The monoisotopic (exact) mass is 288 g/mol. The van der Waals surface area contributed by atoms with Crippen LogP contribution in [-0.4, -0.2) is 46.4 Å². The molecule has 0 atom stereocenters. The highest BCUT2D eigenvalue weighted by Crippen LogP contribution is 2.20. The fraction of sp³-hybridized carbons (Fsp3) is 0.462. The van der Waals surface area contributed by atoms with Crippen molar-refractivity contribution in [3.63, 3.8) is 0 Å². The van der Waals surface area contributed by atoms with Crippen molar-refractivity contribution >= 4 is 11.7 Å². The molecule has 0 amide bonds. The molecule has 0 saturated heterocycles. The number of carbonyl (C=O) groups excluding carboxylic acids is 1. The fourth-order valence-corrected chi connectivity index (χ4v) is 1.54. The van der Waals surface area contributed by atoms with Gasteiger partial charge in [-0.2, -0.15) is 0 Å². The van der Waals surface area contributed by atoms with Crippen LogP contribution < -0.4 is 10.6 Å². The smallest absolute Gasteiger partial charge is 0.340 e. The molecule has 112 valence electrons. The summed E-state index contributed by atoms with van der Waals surface area (Å²) < 4.78 is 36.5. The van der Waals surface area contributed by atoms with Gasteiger partial charge in [0.2, 0.25) is 0 Å². The van der Waals surface area contributed by atoms with Gasteiger partial charge in [0.05, 0.1) is 25.0 Å². The van der Waals surface area contributed by atoms with E-state index >= 15 is 0 Å². The quantitative estimate of drug-likeness (QED) is 0.559. The summed E-state index contributed by atoms with van der Waals surface area (Å²) in [5, 5.41) is 5.80.